The van der Waals surface area contributed by atoms with E-state index in [9.17, 15) is 4.79 Å². The van der Waals surface area contributed by atoms with E-state index in [0.29, 0.717) is 29.5 Å². The van der Waals surface area contributed by atoms with Crippen molar-refractivity contribution in [1.29, 1.82) is 0 Å². The topological polar surface area (TPSA) is 56.8 Å². The number of nitrogens with one attached hydrogen (secondary N) is 1. The van der Waals surface area contributed by atoms with Gasteiger partial charge in [-0.2, -0.15) is 0 Å². The van der Waals surface area contributed by atoms with Crippen molar-refractivity contribution >= 4 is 11.6 Å². The van der Waals surface area contributed by atoms with E-state index < -0.39 is 6.10 Å². The molecule has 0 aromatic heterocycles. The van der Waals surface area contributed by atoms with Gasteiger partial charge < -0.3 is 19.5 Å². The third-order valence-electron chi connectivity index (χ3n) is 3.15. The fourth-order valence-electron chi connectivity index (χ4n) is 2.03. The number of methoxy groups -OCH3 is 1. The first-order valence-electron chi connectivity index (χ1n) is 7.47. The number of ether oxygens (including phenoxy) is 3. The molecule has 0 fully saturated rings. The summed E-state index contributed by atoms with van der Waals surface area (Å²) in [6, 6.07) is 14.5. The summed E-state index contributed by atoms with van der Waals surface area (Å²) >= 11 is 0. The van der Waals surface area contributed by atoms with Crippen molar-refractivity contribution in [2.24, 2.45) is 0 Å². The Labute approximate surface area is 136 Å². The number of amides is 1. The van der Waals surface area contributed by atoms with E-state index in [0.717, 1.165) is 0 Å². The Kier molecular flexibility index (Phi) is 5.86. The van der Waals surface area contributed by atoms with Crippen LogP contribution in [0.25, 0.3) is 0 Å². The molecule has 5 nitrogen and oxygen atoms in total. The van der Waals surface area contributed by atoms with Gasteiger partial charge >= 0.3 is 0 Å². The number of benzene rings is 2. The van der Waals surface area contributed by atoms with Gasteiger partial charge in [-0.25, -0.2) is 0 Å². The van der Waals surface area contributed by atoms with Crippen molar-refractivity contribution in [3.05, 3.63) is 48.5 Å². The zero-order valence-corrected chi connectivity index (χ0v) is 13.5. The van der Waals surface area contributed by atoms with Gasteiger partial charge in [0.1, 0.15) is 5.75 Å². The second-order valence-corrected chi connectivity index (χ2v) is 4.86. The highest BCUT2D eigenvalue weighted by atomic mass is 16.5. The van der Waals surface area contributed by atoms with Crippen molar-refractivity contribution < 1.29 is 19.0 Å². The second-order valence-electron chi connectivity index (χ2n) is 4.86. The number of anilines is 1. The van der Waals surface area contributed by atoms with Crippen molar-refractivity contribution in [3.8, 4) is 17.2 Å². The standard InChI is InChI=1S/C18H21NO4/c1-4-22-15-9-7-8-14(12-15)19-18(20)13(2)23-17-11-6-5-10-16(17)21-3/h5-13H,4H2,1-3H3,(H,19,20)/t13-/m1/s1. The summed E-state index contributed by atoms with van der Waals surface area (Å²) in [5, 5.41) is 2.81. The van der Waals surface area contributed by atoms with Crippen LogP contribution in [0.1, 0.15) is 13.8 Å². The van der Waals surface area contributed by atoms with Crippen LogP contribution in [-0.4, -0.2) is 25.7 Å². The van der Waals surface area contributed by atoms with Crippen LogP contribution in [0.3, 0.4) is 0 Å². The van der Waals surface area contributed by atoms with Crippen LogP contribution in [0.15, 0.2) is 48.5 Å². The molecule has 0 radical (unpaired) electrons. The maximum Gasteiger partial charge on any atom is 0.265 e. The first kappa shape index (κ1) is 16.7. The fourth-order valence-corrected chi connectivity index (χ4v) is 2.03. The number of hydrogen-bond donors (Lipinski definition) is 1. The summed E-state index contributed by atoms with van der Waals surface area (Å²) < 4.78 is 16.3. The molecule has 122 valence electrons. The monoisotopic (exact) mass is 315 g/mol. The lowest BCUT2D eigenvalue weighted by Gasteiger charge is -2.16. The SMILES string of the molecule is CCOc1cccc(NC(=O)[C@@H](C)Oc2ccccc2OC)c1. The minimum absolute atomic E-state index is 0.246. The summed E-state index contributed by atoms with van der Waals surface area (Å²) in [7, 11) is 1.56. The molecular weight excluding hydrogens is 294 g/mol. The molecule has 0 spiro atoms. The van der Waals surface area contributed by atoms with E-state index in [2.05, 4.69) is 5.32 Å². The lowest BCUT2D eigenvalue weighted by molar-refractivity contribution is -0.122. The van der Waals surface area contributed by atoms with Crippen LogP contribution >= 0.6 is 0 Å². The Hall–Kier alpha value is -2.69. The molecule has 1 amide bonds. The van der Waals surface area contributed by atoms with Gasteiger partial charge in [-0.1, -0.05) is 18.2 Å². The zero-order chi connectivity index (χ0) is 16.7. The Morgan fingerprint density at radius 1 is 1.13 bits per heavy atom. The molecule has 2 aromatic carbocycles. The highest BCUT2D eigenvalue weighted by molar-refractivity contribution is 5.94. The average molecular weight is 315 g/mol. The van der Waals surface area contributed by atoms with Crippen molar-refractivity contribution in [2.45, 2.75) is 20.0 Å². The minimum atomic E-state index is -0.665. The van der Waals surface area contributed by atoms with Gasteiger partial charge in [0.2, 0.25) is 0 Å². The molecule has 5 heteroatoms. The van der Waals surface area contributed by atoms with Gasteiger partial charge in [0.25, 0.3) is 5.91 Å². The molecular formula is C18H21NO4. The zero-order valence-electron chi connectivity index (χ0n) is 13.5. The highest BCUT2D eigenvalue weighted by Gasteiger charge is 2.17. The molecule has 0 aliphatic rings. The summed E-state index contributed by atoms with van der Waals surface area (Å²) in [4.78, 5) is 12.3. The van der Waals surface area contributed by atoms with Crippen LogP contribution in [-0.2, 0) is 4.79 Å². The van der Waals surface area contributed by atoms with E-state index >= 15 is 0 Å². The Bertz CT molecular complexity index is 657. The number of hydrogen-bond acceptors (Lipinski definition) is 4. The van der Waals surface area contributed by atoms with Crippen molar-refractivity contribution in [3.63, 3.8) is 0 Å². The van der Waals surface area contributed by atoms with Gasteiger partial charge in [-0.05, 0) is 38.1 Å². The summed E-state index contributed by atoms with van der Waals surface area (Å²) in [6.45, 7) is 4.17. The molecule has 0 aliphatic carbocycles. The molecule has 1 atom stereocenters. The fraction of sp³-hybridized carbons (Fsp3) is 0.278. The first-order chi connectivity index (χ1) is 11.1. The predicted octanol–water partition coefficient (Wildman–Crippen LogP) is 3.50. The lowest BCUT2D eigenvalue weighted by Crippen LogP contribution is -2.30. The Morgan fingerprint density at radius 3 is 2.57 bits per heavy atom. The van der Waals surface area contributed by atoms with E-state index in [4.69, 9.17) is 14.2 Å². The number of rotatable bonds is 7. The number of para-hydroxylation sites is 2. The molecule has 0 unspecified atom stereocenters. The molecule has 0 bridgehead atoms. The Morgan fingerprint density at radius 2 is 1.87 bits per heavy atom. The van der Waals surface area contributed by atoms with Crippen LogP contribution in [0.5, 0.6) is 17.2 Å². The number of carbonyl (C=O) groups is 1. The smallest absolute Gasteiger partial charge is 0.265 e. The van der Waals surface area contributed by atoms with Gasteiger partial charge in [0.15, 0.2) is 17.6 Å². The highest BCUT2D eigenvalue weighted by Crippen LogP contribution is 2.27. The van der Waals surface area contributed by atoms with Crippen LogP contribution in [0.4, 0.5) is 5.69 Å². The maximum atomic E-state index is 12.3. The van der Waals surface area contributed by atoms with Gasteiger partial charge in [0, 0.05) is 11.8 Å². The van der Waals surface area contributed by atoms with Gasteiger partial charge in [0.05, 0.1) is 13.7 Å². The number of carbonyl (C=O) groups excluding carboxylic acids is 1. The normalized spacial score (nSPS) is 11.4. The molecule has 23 heavy (non-hydrogen) atoms. The molecule has 1 N–H and O–H groups in total. The van der Waals surface area contributed by atoms with E-state index in [1.165, 1.54) is 0 Å². The van der Waals surface area contributed by atoms with Gasteiger partial charge in [-0.3, -0.25) is 4.79 Å². The second kappa shape index (κ2) is 8.08. The van der Waals surface area contributed by atoms with Crippen molar-refractivity contribution in [1.82, 2.24) is 0 Å². The van der Waals surface area contributed by atoms with Crippen LogP contribution in [0, 0.1) is 0 Å². The predicted molar refractivity (Wildman–Crippen MR) is 89.3 cm³/mol. The molecule has 0 aliphatic heterocycles. The molecule has 0 heterocycles. The average Bonchev–Trinajstić information content (AvgIpc) is 2.56. The molecule has 2 rings (SSSR count). The summed E-state index contributed by atoms with van der Waals surface area (Å²) in [5.74, 6) is 1.58. The van der Waals surface area contributed by atoms with E-state index in [1.54, 1.807) is 38.3 Å². The quantitative estimate of drug-likeness (QED) is 0.849. The molecule has 2 aromatic rings. The van der Waals surface area contributed by atoms with Gasteiger partial charge in [-0.15, -0.1) is 0 Å². The largest absolute Gasteiger partial charge is 0.494 e. The first-order valence-corrected chi connectivity index (χ1v) is 7.47. The van der Waals surface area contributed by atoms with E-state index in [-0.39, 0.29) is 5.91 Å². The minimum Gasteiger partial charge on any atom is -0.494 e. The molecule has 0 saturated carbocycles. The summed E-state index contributed by atoms with van der Waals surface area (Å²) in [6.07, 6.45) is -0.665. The van der Waals surface area contributed by atoms with Crippen LogP contribution in [0.2, 0.25) is 0 Å². The third kappa shape index (κ3) is 4.64. The van der Waals surface area contributed by atoms with E-state index in [1.807, 2.05) is 31.2 Å². The van der Waals surface area contributed by atoms with Crippen molar-refractivity contribution in [2.75, 3.05) is 19.0 Å². The lowest BCUT2D eigenvalue weighted by atomic mass is 10.2. The third-order valence-corrected chi connectivity index (χ3v) is 3.15. The Balaban J connectivity index is 2.01. The summed E-state index contributed by atoms with van der Waals surface area (Å²) in [5.41, 5.74) is 0.663. The molecule has 0 saturated heterocycles. The maximum absolute atomic E-state index is 12.3. The van der Waals surface area contributed by atoms with Crippen LogP contribution < -0.4 is 19.5 Å².